The van der Waals surface area contributed by atoms with E-state index in [1.165, 1.54) is 0 Å². The molecule has 0 saturated carbocycles. The van der Waals surface area contributed by atoms with E-state index >= 15 is 0 Å². The van der Waals surface area contributed by atoms with Crippen molar-refractivity contribution in [3.05, 3.63) is 84.3 Å². The van der Waals surface area contributed by atoms with Gasteiger partial charge >= 0.3 is 0 Å². The summed E-state index contributed by atoms with van der Waals surface area (Å²) in [6.07, 6.45) is 8.71. The van der Waals surface area contributed by atoms with Crippen molar-refractivity contribution in [3.8, 4) is 0 Å². The van der Waals surface area contributed by atoms with Crippen molar-refractivity contribution in [2.24, 2.45) is 5.41 Å². The van der Waals surface area contributed by atoms with Crippen LogP contribution in [0.3, 0.4) is 0 Å². The lowest BCUT2D eigenvalue weighted by Crippen LogP contribution is -2.46. The third-order valence-corrected chi connectivity index (χ3v) is 6.90. The molecule has 3 aromatic rings. The monoisotopic (exact) mass is 430 g/mol. The predicted molar refractivity (Wildman–Crippen MR) is 118 cm³/mol. The highest BCUT2D eigenvalue weighted by atomic mass is 16.3. The molecule has 7 nitrogen and oxygen atoms in total. The van der Waals surface area contributed by atoms with Gasteiger partial charge in [0.25, 0.3) is 5.91 Å². The minimum Gasteiger partial charge on any atom is -0.449 e. The van der Waals surface area contributed by atoms with E-state index in [1.807, 2.05) is 52.3 Å². The zero-order valence-corrected chi connectivity index (χ0v) is 17.9. The topological polar surface area (TPSA) is 79.5 Å². The van der Waals surface area contributed by atoms with Crippen molar-refractivity contribution in [1.29, 1.82) is 0 Å². The number of aromatic nitrogens is 2. The molecule has 5 rings (SSSR count). The van der Waals surface area contributed by atoms with Gasteiger partial charge in [-0.1, -0.05) is 24.3 Å². The lowest BCUT2D eigenvalue weighted by atomic mass is 9.70. The van der Waals surface area contributed by atoms with Crippen LogP contribution in [0.4, 0.5) is 0 Å². The molecule has 2 aliphatic heterocycles. The molecule has 0 radical (unpaired) electrons. The number of benzene rings is 1. The first-order chi connectivity index (χ1) is 15.6. The van der Waals surface area contributed by atoms with Gasteiger partial charge < -0.3 is 14.2 Å². The Kier molecular flexibility index (Phi) is 5.47. The number of hydrogen-bond acceptors (Lipinski definition) is 5. The van der Waals surface area contributed by atoms with Crippen molar-refractivity contribution < 1.29 is 14.0 Å². The van der Waals surface area contributed by atoms with Gasteiger partial charge in [-0.15, -0.1) is 0 Å². The number of oxazole rings is 1. The molecule has 1 atom stereocenters. The van der Waals surface area contributed by atoms with E-state index in [-0.39, 0.29) is 23.1 Å². The first-order valence-corrected chi connectivity index (χ1v) is 11.0. The van der Waals surface area contributed by atoms with Crippen LogP contribution in [0.15, 0.2) is 71.7 Å². The average Bonchev–Trinajstić information content (AvgIpc) is 3.49. The highest BCUT2D eigenvalue weighted by Crippen LogP contribution is 2.49. The maximum Gasteiger partial charge on any atom is 0.253 e. The maximum absolute atomic E-state index is 13.2. The number of amides is 2. The Morgan fingerprint density at radius 3 is 2.53 bits per heavy atom. The van der Waals surface area contributed by atoms with Gasteiger partial charge in [-0.3, -0.25) is 14.6 Å². The number of likely N-dealkylation sites (tertiary alicyclic amines) is 2. The summed E-state index contributed by atoms with van der Waals surface area (Å²) in [6.45, 7) is 2.57. The predicted octanol–water partition coefficient (Wildman–Crippen LogP) is 3.16. The molecule has 0 bridgehead atoms. The number of carbonyl (C=O) groups is 2. The fourth-order valence-electron chi connectivity index (χ4n) is 5.13. The van der Waals surface area contributed by atoms with Crippen LogP contribution in [0.2, 0.25) is 0 Å². The molecule has 2 saturated heterocycles. The van der Waals surface area contributed by atoms with Crippen LogP contribution in [0.25, 0.3) is 0 Å². The van der Waals surface area contributed by atoms with Gasteiger partial charge in [-0.2, -0.15) is 0 Å². The van der Waals surface area contributed by atoms with E-state index in [4.69, 9.17) is 4.42 Å². The van der Waals surface area contributed by atoms with E-state index in [9.17, 15) is 9.59 Å². The van der Waals surface area contributed by atoms with Crippen molar-refractivity contribution in [3.63, 3.8) is 0 Å². The third kappa shape index (κ3) is 3.90. The summed E-state index contributed by atoms with van der Waals surface area (Å²) in [5.41, 5.74) is 1.48. The van der Waals surface area contributed by atoms with Gasteiger partial charge in [0.1, 0.15) is 6.26 Å². The Labute approximate surface area is 187 Å². The molecule has 2 amide bonds. The van der Waals surface area contributed by atoms with Crippen LogP contribution in [-0.4, -0.2) is 57.8 Å². The Morgan fingerprint density at radius 2 is 1.84 bits per heavy atom. The van der Waals surface area contributed by atoms with Crippen LogP contribution in [0.5, 0.6) is 0 Å². The van der Waals surface area contributed by atoms with Crippen molar-refractivity contribution in [2.45, 2.75) is 25.2 Å². The van der Waals surface area contributed by atoms with E-state index in [0.717, 1.165) is 18.4 Å². The number of carbonyl (C=O) groups excluding carboxylic acids is 2. The Bertz CT molecular complexity index is 1060. The SMILES string of the molecule is O=C(Cc1cccnc1)N1CCC2(CC1)CN(C(=O)c1ccccc1)CC2c1ncco1. The number of hydrogen-bond donors (Lipinski definition) is 0. The van der Waals surface area contributed by atoms with Gasteiger partial charge in [0, 0.05) is 49.6 Å². The largest absolute Gasteiger partial charge is 0.449 e. The third-order valence-electron chi connectivity index (χ3n) is 6.90. The molecular formula is C25H26N4O3. The van der Waals surface area contributed by atoms with E-state index in [0.29, 0.717) is 44.1 Å². The number of rotatable bonds is 4. The molecule has 4 heterocycles. The standard InChI is InChI=1S/C25H26N4O3/c30-22(15-19-5-4-10-26-16-19)28-12-8-25(9-13-28)18-29(17-21(25)23-27-11-14-32-23)24(31)20-6-2-1-3-7-20/h1-7,10-11,14,16,21H,8-9,12-13,15,17-18H2. The zero-order chi connectivity index (χ0) is 22.0. The summed E-state index contributed by atoms with van der Waals surface area (Å²) in [5.74, 6) is 0.870. The number of nitrogens with zero attached hydrogens (tertiary/aromatic N) is 4. The molecule has 0 N–H and O–H groups in total. The van der Waals surface area contributed by atoms with Gasteiger partial charge in [-0.25, -0.2) is 4.98 Å². The molecular weight excluding hydrogens is 404 g/mol. The Balaban J connectivity index is 1.32. The summed E-state index contributed by atoms with van der Waals surface area (Å²) in [4.78, 5) is 38.4. The molecule has 32 heavy (non-hydrogen) atoms. The van der Waals surface area contributed by atoms with Gasteiger partial charge in [0.15, 0.2) is 5.89 Å². The highest BCUT2D eigenvalue weighted by Gasteiger charge is 2.52. The molecule has 1 spiro atoms. The average molecular weight is 431 g/mol. The summed E-state index contributed by atoms with van der Waals surface area (Å²) in [5, 5.41) is 0. The first-order valence-electron chi connectivity index (χ1n) is 11.0. The van der Waals surface area contributed by atoms with Crippen molar-refractivity contribution >= 4 is 11.8 Å². The Hall–Kier alpha value is -3.48. The second-order valence-electron chi connectivity index (χ2n) is 8.76. The van der Waals surface area contributed by atoms with Crippen molar-refractivity contribution in [2.75, 3.05) is 26.2 Å². The smallest absolute Gasteiger partial charge is 0.253 e. The summed E-state index contributed by atoms with van der Waals surface area (Å²) in [6, 6.07) is 13.2. The maximum atomic E-state index is 13.2. The summed E-state index contributed by atoms with van der Waals surface area (Å²) >= 11 is 0. The number of pyridine rings is 1. The highest BCUT2D eigenvalue weighted by molar-refractivity contribution is 5.94. The van der Waals surface area contributed by atoms with Crippen molar-refractivity contribution in [1.82, 2.24) is 19.8 Å². The van der Waals surface area contributed by atoms with Gasteiger partial charge in [-0.05, 0) is 36.6 Å². The van der Waals surface area contributed by atoms with Gasteiger partial charge in [0.05, 0.1) is 18.5 Å². The van der Waals surface area contributed by atoms with Crippen LogP contribution < -0.4 is 0 Å². The van der Waals surface area contributed by atoms with Crippen LogP contribution >= 0.6 is 0 Å². The quantitative estimate of drug-likeness (QED) is 0.635. The summed E-state index contributed by atoms with van der Waals surface area (Å²) < 4.78 is 5.70. The summed E-state index contributed by atoms with van der Waals surface area (Å²) in [7, 11) is 0. The van der Waals surface area contributed by atoms with E-state index in [2.05, 4.69) is 9.97 Å². The lowest BCUT2D eigenvalue weighted by molar-refractivity contribution is -0.132. The lowest BCUT2D eigenvalue weighted by Gasteiger charge is -2.41. The first kappa shape index (κ1) is 20.4. The molecule has 2 fully saturated rings. The zero-order valence-electron chi connectivity index (χ0n) is 17.9. The van der Waals surface area contributed by atoms with Crippen LogP contribution in [-0.2, 0) is 11.2 Å². The fourth-order valence-corrected chi connectivity index (χ4v) is 5.13. The molecule has 164 valence electrons. The molecule has 7 heteroatoms. The fraction of sp³-hybridized carbons (Fsp3) is 0.360. The second-order valence-corrected chi connectivity index (χ2v) is 8.76. The van der Waals surface area contributed by atoms with E-state index in [1.54, 1.807) is 24.9 Å². The number of piperidine rings is 1. The molecule has 2 aliphatic rings. The molecule has 1 unspecified atom stereocenters. The second kappa shape index (κ2) is 8.57. The minimum atomic E-state index is -0.139. The van der Waals surface area contributed by atoms with Crippen LogP contribution in [0.1, 0.15) is 40.6 Å². The normalized spacial score (nSPS) is 19.9. The van der Waals surface area contributed by atoms with E-state index < -0.39 is 0 Å². The Morgan fingerprint density at radius 1 is 1.03 bits per heavy atom. The molecule has 2 aromatic heterocycles. The molecule has 0 aliphatic carbocycles. The minimum absolute atomic E-state index is 0.0285. The van der Waals surface area contributed by atoms with Gasteiger partial charge in [0.2, 0.25) is 5.91 Å². The van der Waals surface area contributed by atoms with Crippen LogP contribution in [0, 0.1) is 5.41 Å². The molecule has 1 aromatic carbocycles.